The number of benzene rings is 2. The fraction of sp³-hybridized carbons (Fsp3) is 0.455. The number of aliphatic hydroxyl groups is 1. The number of hydrogen-bond donors (Lipinski definition) is 3. The summed E-state index contributed by atoms with van der Waals surface area (Å²) >= 11 is 4.54. The summed E-state index contributed by atoms with van der Waals surface area (Å²) in [5, 5.41) is 22.2. The Morgan fingerprint density at radius 2 is 1.90 bits per heavy atom. The summed E-state index contributed by atoms with van der Waals surface area (Å²) in [7, 11) is 0. The number of phenols is 1. The van der Waals surface area contributed by atoms with Crippen LogP contribution in [0.4, 0.5) is 0 Å². The van der Waals surface area contributed by atoms with Gasteiger partial charge in [-0.2, -0.15) is 0 Å². The van der Waals surface area contributed by atoms with E-state index in [2.05, 4.69) is 25.6 Å². The van der Waals surface area contributed by atoms with Crippen LogP contribution in [-0.4, -0.2) is 28.7 Å². The molecule has 0 saturated heterocycles. The van der Waals surface area contributed by atoms with E-state index < -0.39 is 6.10 Å². The van der Waals surface area contributed by atoms with Gasteiger partial charge in [-0.3, -0.25) is 9.59 Å². The fourth-order valence-corrected chi connectivity index (χ4v) is 5.29. The quantitative estimate of drug-likeness (QED) is 0.0755. The molecule has 0 saturated carbocycles. The van der Waals surface area contributed by atoms with Gasteiger partial charge in [0, 0.05) is 22.4 Å². The molecule has 0 bridgehead atoms. The van der Waals surface area contributed by atoms with E-state index in [1.807, 2.05) is 19.1 Å². The Kier molecular flexibility index (Phi) is 11.9. The highest BCUT2D eigenvalue weighted by Crippen LogP contribution is 2.34. The molecule has 2 aromatic carbocycles. The molecule has 0 spiro atoms. The number of ketones is 1. The van der Waals surface area contributed by atoms with Gasteiger partial charge in [0.2, 0.25) is 0 Å². The summed E-state index contributed by atoms with van der Waals surface area (Å²) in [6.07, 6.45) is 9.81. The van der Waals surface area contributed by atoms with Crippen molar-refractivity contribution >= 4 is 29.4 Å². The Bertz CT molecular complexity index is 1380. The van der Waals surface area contributed by atoms with Crippen LogP contribution in [0, 0.1) is 6.92 Å². The number of carbonyl (C=O) groups excluding carboxylic acids is 1. The Balaban J connectivity index is 1.70. The van der Waals surface area contributed by atoms with Gasteiger partial charge < -0.3 is 19.4 Å². The molecule has 40 heavy (non-hydrogen) atoms. The van der Waals surface area contributed by atoms with Crippen molar-refractivity contribution in [2.24, 2.45) is 0 Å². The molecule has 216 valence electrons. The van der Waals surface area contributed by atoms with Gasteiger partial charge in [-0.15, -0.1) is 12.6 Å². The number of ether oxygens (including phenoxy) is 1. The van der Waals surface area contributed by atoms with Crippen LogP contribution in [0.2, 0.25) is 0 Å². The number of phenolic OH excluding ortho intramolecular Hbond substituents is 1. The van der Waals surface area contributed by atoms with E-state index in [0.29, 0.717) is 57.9 Å². The second-order valence-electron chi connectivity index (χ2n) is 10.4. The SMILES string of the molecule is CCCC[C@@H](O)[C@@H](C=CCCCCOc1ccc(C(C)=O)c(O)c1CCC)c1cc(S)cc2oc(C)cc(=O)c12. The third-order valence-electron chi connectivity index (χ3n) is 7.08. The zero-order chi connectivity index (χ0) is 29.2. The summed E-state index contributed by atoms with van der Waals surface area (Å²) in [5.74, 6) is 0.643. The maximum atomic E-state index is 12.9. The molecule has 0 fully saturated rings. The molecule has 6 nitrogen and oxygen atoms in total. The molecule has 0 aliphatic rings. The van der Waals surface area contributed by atoms with E-state index in [-0.39, 0.29) is 22.9 Å². The number of allylic oxidation sites excluding steroid dienone is 1. The van der Waals surface area contributed by atoms with Crippen LogP contribution in [0.1, 0.15) is 98.9 Å². The molecule has 0 aliphatic heterocycles. The fourth-order valence-electron chi connectivity index (χ4n) is 5.04. The molecule has 0 unspecified atom stereocenters. The van der Waals surface area contributed by atoms with Gasteiger partial charge >= 0.3 is 0 Å². The third kappa shape index (κ3) is 8.01. The van der Waals surface area contributed by atoms with Crippen LogP contribution >= 0.6 is 12.6 Å². The summed E-state index contributed by atoms with van der Waals surface area (Å²) in [6.45, 7) is 7.78. The van der Waals surface area contributed by atoms with E-state index in [4.69, 9.17) is 9.15 Å². The molecule has 7 heteroatoms. The Labute approximate surface area is 242 Å². The lowest BCUT2D eigenvalue weighted by Crippen LogP contribution is -2.19. The zero-order valence-corrected chi connectivity index (χ0v) is 24.9. The second kappa shape index (κ2) is 15.1. The predicted octanol–water partition coefficient (Wildman–Crippen LogP) is 7.69. The van der Waals surface area contributed by atoms with Gasteiger partial charge in [-0.05, 0) is 75.8 Å². The van der Waals surface area contributed by atoms with Gasteiger partial charge in [0.25, 0.3) is 0 Å². The molecule has 0 radical (unpaired) electrons. The van der Waals surface area contributed by atoms with Crippen LogP contribution in [-0.2, 0) is 6.42 Å². The zero-order valence-electron chi connectivity index (χ0n) is 24.0. The topological polar surface area (TPSA) is 97.0 Å². The second-order valence-corrected chi connectivity index (χ2v) is 10.9. The highest BCUT2D eigenvalue weighted by molar-refractivity contribution is 7.80. The maximum absolute atomic E-state index is 12.9. The Morgan fingerprint density at radius 3 is 2.60 bits per heavy atom. The molecule has 3 aromatic rings. The normalized spacial score (nSPS) is 13.2. The number of rotatable bonds is 15. The molecule has 1 aromatic heterocycles. The van der Waals surface area contributed by atoms with Crippen molar-refractivity contribution in [3.05, 3.63) is 75.2 Å². The molecular weight excluding hydrogens is 524 g/mol. The molecule has 0 amide bonds. The molecule has 3 rings (SSSR count). The van der Waals surface area contributed by atoms with Gasteiger partial charge in [0.05, 0.1) is 23.7 Å². The molecule has 0 aliphatic carbocycles. The Hall–Kier alpha value is -3.03. The number of carbonyl (C=O) groups is 1. The van der Waals surface area contributed by atoms with Crippen LogP contribution in [0.5, 0.6) is 11.5 Å². The van der Waals surface area contributed by atoms with Crippen LogP contribution in [0.15, 0.2) is 56.6 Å². The van der Waals surface area contributed by atoms with Crippen molar-refractivity contribution in [3.8, 4) is 11.5 Å². The van der Waals surface area contributed by atoms with E-state index >= 15 is 0 Å². The molecule has 2 N–H and O–H groups in total. The van der Waals surface area contributed by atoms with Crippen molar-refractivity contribution < 1.29 is 24.2 Å². The van der Waals surface area contributed by atoms with Crippen LogP contribution in [0.3, 0.4) is 0 Å². The van der Waals surface area contributed by atoms with E-state index in [1.54, 1.807) is 25.1 Å². The summed E-state index contributed by atoms with van der Waals surface area (Å²) < 4.78 is 11.8. The number of fused-ring (bicyclic) bond motifs is 1. The highest BCUT2D eigenvalue weighted by atomic mass is 32.1. The highest BCUT2D eigenvalue weighted by Gasteiger charge is 2.23. The molecule has 2 atom stereocenters. The number of aliphatic hydroxyl groups excluding tert-OH is 1. The first-order valence-corrected chi connectivity index (χ1v) is 14.7. The Morgan fingerprint density at radius 1 is 1.12 bits per heavy atom. The summed E-state index contributed by atoms with van der Waals surface area (Å²) in [5.41, 5.74) is 2.09. The van der Waals surface area contributed by atoms with Gasteiger partial charge in [0.1, 0.15) is 22.8 Å². The largest absolute Gasteiger partial charge is 0.507 e. The number of thiol groups is 1. The minimum absolute atomic E-state index is 0.0180. The number of hydrogen-bond acceptors (Lipinski definition) is 7. The lowest BCUT2D eigenvalue weighted by Gasteiger charge is -2.22. The smallest absolute Gasteiger partial charge is 0.193 e. The van der Waals surface area contributed by atoms with Crippen molar-refractivity contribution in [1.29, 1.82) is 0 Å². The number of Topliss-reactive ketones (excluding diaryl/α,β-unsaturated/α-hetero) is 1. The number of unbranched alkanes of at least 4 members (excludes halogenated alkanes) is 3. The van der Waals surface area contributed by atoms with E-state index in [0.717, 1.165) is 44.1 Å². The van der Waals surface area contributed by atoms with Crippen LogP contribution in [0.25, 0.3) is 11.0 Å². The lowest BCUT2D eigenvalue weighted by atomic mass is 9.87. The standard InChI is InChI=1S/C33H42O6S/c1-5-7-14-28(35)25(27-19-23(40)20-31-32(27)29(36)18-21(3)39-31)13-10-8-9-11-17-38-30-16-15-24(22(4)34)33(37)26(30)12-6-2/h10,13,15-16,18-20,25,28,35,37,40H,5-9,11-12,14,17H2,1-4H3/t25-,28+/m0/s1. The number of aryl methyl sites for hydroxylation is 1. The van der Waals surface area contributed by atoms with Crippen molar-refractivity contribution in [2.75, 3.05) is 6.61 Å². The predicted molar refractivity (Wildman–Crippen MR) is 163 cm³/mol. The maximum Gasteiger partial charge on any atom is 0.193 e. The minimum Gasteiger partial charge on any atom is -0.507 e. The first-order chi connectivity index (χ1) is 19.2. The third-order valence-corrected chi connectivity index (χ3v) is 7.34. The van der Waals surface area contributed by atoms with Crippen molar-refractivity contribution in [3.63, 3.8) is 0 Å². The van der Waals surface area contributed by atoms with E-state index in [1.165, 1.54) is 13.0 Å². The van der Waals surface area contributed by atoms with Gasteiger partial charge in [-0.1, -0.05) is 45.3 Å². The first kappa shape index (κ1) is 31.5. The summed E-state index contributed by atoms with van der Waals surface area (Å²) in [6, 6.07) is 8.47. The van der Waals surface area contributed by atoms with Gasteiger partial charge in [0.15, 0.2) is 11.2 Å². The van der Waals surface area contributed by atoms with Gasteiger partial charge in [-0.25, -0.2) is 0 Å². The van der Waals surface area contributed by atoms with Crippen LogP contribution < -0.4 is 10.2 Å². The van der Waals surface area contributed by atoms with Crippen molar-refractivity contribution in [2.45, 2.75) is 96.0 Å². The first-order valence-electron chi connectivity index (χ1n) is 14.3. The monoisotopic (exact) mass is 566 g/mol. The lowest BCUT2D eigenvalue weighted by molar-refractivity contribution is 0.101. The average molecular weight is 567 g/mol. The molecule has 1 heterocycles. The molecular formula is C33H42O6S. The minimum atomic E-state index is -0.638. The average Bonchev–Trinajstić information content (AvgIpc) is 2.89. The van der Waals surface area contributed by atoms with Crippen molar-refractivity contribution in [1.82, 2.24) is 0 Å². The van der Waals surface area contributed by atoms with E-state index in [9.17, 15) is 19.8 Å². The summed E-state index contributed by atoms with van der Waals surface area (Å²) in [4.78, 5) is 25.4. The number of aromatic hydroxyl groups is 1.